The number of carbonyl (C=O) groups excluding carboxylic acids is 3. The fourth-order valence-corrected chi connectivity index (χ4v) is 8.71. The van der Waals surface area contributed by atoms with Gasteiger partial charge in [-0.15, -0.1) is 4.28 Å². The number of hydrogen-bond donors (Lipinski definition) is 1. The van der Waals surface area contributed by atoms with E-state index in [0.717, 1.165) is 63.2 Å². The standard InChI is InChI=1S/C32H59N5O8S.H2O/c1-8-12-20-37(21-13-9-2,22-14-10-3)28(15-11-4)46(41,42)45-36-25-16-17-27(35(23-25)30(36)39)29(38)33-44-26-18-19-34(24-26)31(40)43-32(5,6)7;/h25-28H,8-24H2,1-7H3;1H2/t25-,26-,27+,28?;/m1./s1. The predicted octanol–water partition coefficient (Wildman–Crippen LogP) is 4.74. The Bertz CT molecular complexity index is 1110. The fourth-order valence-electron chi connectivity index (χ4n) is 6.82. The van der Waals surface area contributed by atoms with E-state index in [2.05, 4.69) is 26.3 Å². The van der Waals surface area contributed by atoms with Gasteiger partial charge in [-0.25, -0.2) is 15.1 Å². The summed E-state index contributed by atoms with van der Waals surface area (Å²) in [4.78, 5) is 47.7. The topological polar surface area (TPSA) is 165 Å². The molecule has 4 atom stereocenters. The molecule has 3 saturated heterocycles. The van der Waals surface area contributed by atoms with Crippen LogP contribution >= 0.6 is 0 Å². The molecule has 0 aromatic carbocycles. The lowest BCUT2D eigenvalue weighted by atomic mass is 10.0. The Balaban J connectivity index is 0.00000768. The average molecular weight is 692 g/mol. The van der Waals surface area contributed by atoms with Crippen molar-refractivity contribution in [1.82, 2.24) is 20.3 Å². The van der Waals surface area contributed by atoms with Crippen LogP contribution in [-0.2, 0) is 28.8 Å². The largest absolute Gasteiger partial charge is 0.870 e. The van der Waals surface area contributed by atoms with Crippen molar-refractivity contribution in [2.24, 2.45) is 0 Å². The van der Waals surface area contributed by atoms with Crippen molar-refractivity contribution >= 4 is 28.1 Å². The Kier molecular flexibility index (Phi) is 15.7. The summed E-state index contributed by atoms with van der Waals surface area (Å²) in [7, 11) is -4.19. The molecule has 274 valence electrons. The Labute approximate surface area is 282 Å². The zero-order chi connectivity index (χ0) is 34.1. The monoisotopic (exact) mass is 691 g/mol. The molecule has 0 aromatic heterocycles. The zero-order valence-electron chi connectivity index (χ0n) is 29.7. The number of likely N-dealkylation sites (tertiary alicyclic amines) is 1. The average Bonchev–Trinajstić information content (AvgIpc) is 3.57. The summed E-state index contributed by atoms with van der Waals surface area (Å²) in [6.07, 6.45) is 7.25. The van der Waals surface area contributed by atoms with Gasteiger partial charge in [0, 0.05) is 19.5 Å². The van der Waals surface area contributed by atoms with Crippen LogP contribution in [0, 0.1) is 0 Å². The van der Waals surface area contributed by atoms with Gasteiger partial charge in [-0.3, -0.25) is 9.63 Å². The number of nitrogens with one attached hydrogen (secondary N) is 1. The molecule has 3 aliphatic heterocycles. The van der Waals surface area contributed by atoms with Crippen molar-refractivity contribution in [3.8, 4) is 0 Å². The summed E-state index contributed by atoms with van der Waals surface area (Å²) >= 11 is 0. The van der Waals surface area contributed by atoms with Crippen LogP contribution in [0.25, 0.3) is 0 Å². The molecule has 0 aliphatic carbocycles. The third kappa shape index (κ3) is 10.6. The van der Waals surface area contributed by atoms with Gasteiger partial charge in [0.2, 0.25) is 5.37 Å². The predicted molar refractivity (Wildman–Crippen MR) is 176 cm³/mol. The van der Waals surface area contributed by atoms with Crippen LogP contribution in [0.4, 0.5) is 9.59 Å². The van der Waals surface area contributed by atoms with E-state index in [1.165, 1.54) is 4.90 Å². The first-order valence-corrected chi connectivity index (χ1v) is 19.0. The molecule has 2 N–H and O–H groups in total. The van der Waals surface area contributed by atoms with Crippen molar-refractivity contribution in [2.75, 3.05) is 39.3 Å². The normalized spacial score (nSPS) is 22.3. The maximum absolute atomic E-state index is 14.2. The van der Waals surface area contributed by atoms with Gasteiger partial charge in [-0.2, -0.15) is 13.5 Å². The summed E-state index contributed by atoms with van der Waals surface area (Å²) in [5.74, 6) is -0.481. The maximum atomic E-state index is 14.2. The van der Waals surface area contributed by atoms with Crippen molar-refractivity contribution in [3.05, 3.63) is 0 Å². The van der Waals surface area contributed by atoms with Gasteiger partial charge in [0.15, 0.2) is 0 Å². The SMILES string of the molecule is CCCC[N+](CCCC)(CCCC)C(CCC)S(=O)(=O)ON1C(=O)N2C[C@H]1CC[C@H]2C(=O)NO[C@@H]1CCN(C(=O)OC(C)(C)C)C1.[OH-]. The van der Waals surface area contributed by atoms with Crippen molar-refractivity contribution in [3.63, 3.8) is 0 Å². The van der Waals surface area contributed by atoms with Crippen molar-refractivity contribution in [2.45, 2.75) is 148 Å². The zero-order valence-corrected chi connectivity index (χ0v) is 30.6. The quantitative estimate of drug-likeness (QED) is 0.158. The van der Waals surface area contributed by atoms with Gasteiger partial charge in [0.25, 0.3) is 5.91 Å². The molecular weight excluding hydrogens is 630 g/mol. The highest BCUT2D eigenvalue weighted by atomic mass is 32.2. The number of rotatable bonds is 18. The third-order valence-electron chi connectivity index (χ3n) is 9.28. The molecule has 0 saturated carbocycles. The van der Waals surface area contributed by atoms with Crippen LogP contribution in [0.5, 0.6) is 0 Å². The molecule has 0 radical (unpaired) electrons. The van der Waals surface area contributed by atoms with E-state index in [9.17, 15) is 22.8 Å². The number of carbonyl (C=O) groups is 3. The smallest absolute Gasteiger partial charge is 0.410 e. The minimum Gasteiger partial charge on any atom is -0.870 e. The van der Waals surface area contributed by atoms with E-state index < -0.39 is 57.3 Å². The molecule has 2 bridgehead atoms. The number of quaternary nitrogens is 1. The van der Waals surface area contributed by atoms with Crippen LogP contribution in [0.2, 0.25) is 0 Å². The highest BCUT2D eigenvalue weighted by Gasteiger charge is 2.53. The number of amides is 4. The highest BCUT2D eigenvalue weighted by molar-refractivity contribution is 7.87. The Hall–Kier alpha value is -2.20. The van der Waals surface area contributed by atoms with E-state index in [4.69, 9.17) is 13.9 Å². The summed E-state index contributed by atoms with van der Waals surface area (Å²) in [5, 5.41) is 0.236. The number of hydrogen-bond acceptors (Lipinski definition) is 9. The highest BCUT2D eigenvalue weighted by Crippen LogP contribution is 2.34. The van der Waals surface area contributed by atoms with Crippen LogP contribution in [-0.4, -0.2) is 120 Å². The summed E-state index contributed by atoms with van der Waals surface area (Å²) in [6.45, 7) is 16.9. The number of urea groups is 1. The van der Waals surface area contributed by atoms with Gasteiger partial charge in [0.05, 0.1) is 32.2 Å². The molecule has 3 rings (SSSR count). The van der Waals surface area contributed by atoms with Crippen molar-refractivity contribution < 1.29 is 46.6 Å². The molecule has 1 unspecified atom stereocenters. The van der Waals surface area contributed by atoms with Crippen molar-refractivity contribution in [1.29, 1.82) is 0 Å². The van der Waals surface area contributed by atoms with Crippen LogP contribution < -0.4 is 5.48 Å². The Morgan fingerprint density at radius 1 is 0.936 bits per heavy atom. The van der Waals surface area contributed by atoms with E-state index >= 15 is 0 Å². The van der Waals surface area contributed by atoms with Gasteiger partial charge in [-0.1, -0.05) is 47.0 Å². The third-order valence-corrected chi connectivity index (χ3v) is 11.0. The van der Waals surface area contributed by atoms with Gasteiger partial charge < -0.3 is 24.5 Å². The molecule has 4 amide bonds. The number of unbranched alkanes of at least 4 members (excludes halogenated alkanes) is 3. The van der Waals surface area contributed by atoms with E-state index in [0.29, 0.717) is 43.1 Å². The van der Waals surface area contributed by atoms with Crippen LogP contribution in [0.3, 0.4) is 0 Å². The molecule has 15 heteroatoms. The molecule has 0 spiro atoms. The van der Waals surface area contributed by atoms with Gasteiger partial charge >= 0.3 is 22.2 Å². The number of nitrogens with zero attached hydrogens (tertiary/aromatic N) is 4. The van der Waals surface area contributed by atoms with E-state index in [1.807, 2.05) is 6.92 Å². The minimum absolute atomic E-state index is 0. The maximum Gasteiger partial charge on any atom is 0.410 e. The first kappa shape index (κ1) is 41.0. The second-order valence-electron chi connectivity index (χ2n) is 14.2. The van der Waals surface area contributed by atoms with Crippen LogP contribution in [0.15, 0.2) is 0 Å². The molecule has 47 heavy (non-hydrogen) atoms. The Morgan fingerprint density at radius 2 is 1.53 bits per heavy atom. The number of ether oxygens (including phenoxy) is 1. The second-order valence-corrected chi connectivity index (χ2v) is 15.9. The van der Waals surface area contributed by atoms with Crippen LogP contribution in [0.1, 0.15) is 119 Å². The lowest BCUT2D eigenvalue weighted by Crippen LogP contribution is -2.61. The first-order chi connectivity index (χ1) is 21.7. The van der Waals surface area contributed by atoms with Gasteiger partial charge in [-0.05, 0) is 65.7 Å². The number of hydroxylamine groups is 3. The summed E-state index contributed by atoms with van der Waals surface area (Å²) in [6, 6.07) is -1.90. The van der Waals surface area contributed by atoms with E-state index in [-0.39, 0.29) is 18.6 Å². The fraction of sp³-hybridized carbons (Fsp3) is 0.906. The van der Waals surface area contributed by atoms with E-state index in [1.54, 1.807) is 25.7 Å². The lowest BCUT2D eigenvalue weighted by Gasteiger charge is -2.44. The van der Waals surface area contributed by atoms with Gasteiger partial charge in [0.1, 0.15) is 17.7 Å². The number of fused-ring (bicyclic) bond motifs is 2. The molecule has 3 aliphatic rings. The molecule has 3 heterocycles. The minimum atomic E-state index is -4.19. The summed E-state index contributed by atoms with van der Waals surface area (Å²) in [5.41, 5.74) is 1.88. The molecule has 3 fully saturated rings. The Morgan fingerprint density at radius 3 is 2.06 bits per heavy atom. The molecule has 14 nitrogen and oxygen atoms in total. The molecule has 0 aromatic rings. The summed E-state index contributed by atoms with van der Waals surface area (Å²) < 4.78 is 40.0. The second kappa shape index (κ2) is 18.0. The lowest BCUT2D eigenvalue weighted by molar-refractivity contribution is -0.939. The first-order valence-electron chi connectivity index (χ1n) is 17.5. The molecular formula is C32H61N5O9S. The number of piperidine rings is 1.